The molecule has 0 unspecified atom stereocenters. The summed E-state index contributed by atoms with van der Waals surface area (Å²) in [5.74, 6) is 3.61. The van der Waals surface area contributed by atoms with Gasteiger partial charge in [0.2, 0.25) is 11.8 Å². The van der Waals surface area contributed by atoms with E-state index in [1.54, 1.807) is 0 Å². The molecular weight excluding hydrogens is 376 g/mol. The molecule has 2 N–H and O–H groups in total. The first-order chi connectivity index (χ1) is 14.7. The number of nitrogens with zero attached hydrogens (tertiary/aromatic N) is 2. The van der Waals surface area contributed by atoms with E-state index < -0.39 is 0 Å². The van der Waals surface area contributed by atoms with Gasteiger partial charge in [-0.2, -0.15) is 10.2 Å². The maximum atomic E-state index is 11.9. The molecule has 4 aliphatic carbocycles. The van der Waals surface area contributed by atoms with Crippen LogP contribution in [0.3, 0.4) is 0 Å². The van der Waals surface area contributed by atoms with Crippen LogP contribution in [0.25, 0.3) is 0 Å². The Morgan fingerprint density at radius 1 is 0.700 bits per heavy atom. The van der Waals surface area contributed by atoms with E-state index in [1.807, 2.05) is 12.4 Å². The molecule has 0 aromatic heterocycles. The Balaban J connectivity index is 0.981. The summed E-state index contributed by atoms with van der Waals surface area (Å²) in [4.78, 5) is 23.7. The lowest BCUT2D eigenvalue weighted by atomic mass is 9.95. The summed E-state index contributed by atoms with van der Waals surface area (Å²) in [6, 6.07) is 0. The van der Waals surface area contributed by atoms with Crippen LogP contribution >= 0.6 is 0 Å². The van der Waals surface area contributed by atoms with Crippen LogP contribution in [0.15, 0.2) is 34.5 Å². The topological polar surface area (TPSA) is 82.9 Å². The highest BCUT2D eigenvalue weighted by atomic mass is 16.2. The zero-order valence-electron chi connectivity index (χ0n) is 17.7. The van der Waals surface area contributed by atoms with E-state index in [0.29, 0.717) is 36.5 Å². The summed E-state index contributed by atoms with van der Waals surface area (Å²) in [5.41, 5.74) is 5.31. The average molecular weight is 411 g/mol. The first-order valence-corrected chi connectivity index (χ1v) is 11.7. The van der Waals surface area contributed by atoms with Gasteiger partial charge in [-0.1, -0.05) is 37.1 Å². The number of unbranched alkanes of at least 4 members (excludes halogenated alkanes) is 3. The molecule has 6 atom stereocenters. The average Bonchev–Trinajstić information content (AvgIpc) is 3.52. The molecule has 0 aromatic carbocycles. The molecule has 2 amide bonds. The molecule has 6 nitrogen and oxygen atoms in total. The van der Waals surface area contributed by atoms with Crippen molar-refractivity contribution in [2.45, 2.75) is 64.2 Å². The van der Waals surface area contributed by atoms with Crippen molar-refractivity contribution in [2.75, 3.05) is 0 Å². The second kappa shape index (κ2) is 10.2. The third kappa shape index (κ3) is 5.67. The van der Waals surface area contributed by atoms with Crippen molar-refractivity contribution in [1.29, 1.82) is 0 Å². The SMILES string of the molecule is O=C(CCCCCCC(=O)N/N=C\[C@H]1C[C@H]2C=C[C@H]1C2)N/N=C\[C@@H]1C[C@H]2C=C[C@H]1C2. The lowest BCUT2D eigenvalue weighted by Crippen LogP contribution is -2.19. The van der Waals surface area contributed by atoms with E-state index >= 15 is 0 Å². The highest BCUT2D eigenvalue weighted by Crippen LogP contribution is 2.43. The molecule has 0 saturated heterocycles. The molecule has 4 rings (SSSR count). The van der Waals surface area contributed by atoms with Crippen molar-refractivity contribution in [2.24, 2.45) is 45.7 Å². The van der Waals surface area contributed by atoms with Gasteiger partial charge in [-0.25, -0.2) is 10.9 Å². The molecule has 0 aromatic rings. The monoisotopic (exact) mass is 410 g/mol. The van der Waals surface area contributed by atoms with Crippen LogP contribution < -0.4 is 10.9 Å². The van der Waals surface area contributed by atoms with E-state index in [-0.39, 0.29) is 11.8 Å². The zero-order chi connectivity index (χ0) is 20.8. The predicted octanol–water partition coefficient (Wildman–Crippen LogP) is 3.96. The molecule has 6 heteroatoms. The largest absolute Gasteiger partial charge is 0.273 e. The van der Waals surface area contributed by atoms with Crippen LogP contribution in [0, 0.1) is 35.5 Å². The molecule has 0 radical (unpaired) electrons. The first-order valence-electron chi connectivity index (χ1n) is 11.7. The number of fused-ring (bicyclic) bond motifs is 4. The van der Waals surface area contributed by atoms with Gasteiger partial charge in [0, 0.05) is 37.1 Å². The first kappa shape index (κ1) is 21.0. The number of nitrogens with one attached hydrogen (secondary N) is 2. The Kier molecular flexibility index (Phi) is 7.13. The Labute approximate surface area is 179 Å². The molecular formula is C24H34N4O2. The number of hydrogen-bond acceptors (Lipinski definition) is 4. The third-order valence-electron chi connectivity index (χ3n) is 7.13. The van der Waals surface area contributed by atoms with E-state index in [1.165, 1.54) is 25.7 Å². The van der Waals surface area contributed by atoms with Gasteiger partial charge in [0.15, 0.2) is 0 Å². The summed E-state index contributed by atoms with van der Waals surface area (Å²) in [7, 11) is 0. The van der Waals surface area contributed by atoms with Gasteiger partial charge in [0.05, 0.1) is 0 Å². The van der Waals surface area contributed by atoms with E-state index in [2.05, 4.69) is 45.4 Å². The second-order valence-corrected chi connectivity index (χ2v) is 9.43. The number of amides is 2. The Hall–Kier alpha value is -2.24. The highest BCUT2D eigenvalue weighted by Gasteiger charge is 2.35. The number of hydrogen-bond donors (Lipinski definition) is 2. The van der Waals surface area contributed by atoms with Crippen LogP contribution in [0.1, 0.15) is 64.2 Å². The van der Waals surface area contributed by atoms with Gasteiger partial charge in [-0.15, -0.1) is 0 Å². The molecule has 4 aliphatic rings. The van der Waals surface area contributed by atoms with Gasteiger partial charge in [0.25, 0.3) is 0 Å². The molecule has 2 fully saturated rings. The van der Waals surface area contributed by atoms with Crippen molar-refractivity contribution in [3.8, 4) is 0 Å². The van der Waals surface area contributed by atoms with Crippen molar-refractivity contribution in [3.05, 3.63) is 24.3 Å². The van der Waals surface area contributed by atoms with Gasteiger partial charge in [-0.3, -0.25) is 9.59 Å². The molecule has 0 spiro atoms. The second-order valence-electron chi connectivity index (χ2n) is 9.43. The summed E-state index contributed by atoms with van der Waals surface area (Å²) >= 11 is 0. The minimum Gasteiger partial charge on any atom is -0.273 e. The summed E-state index contributed by atoms with van der Waals surface area (Å²) in [6.07, 6.45) is 22.4. The van der Waals surface area contributed by atoms with Gasteiger partial charge >= 0.3 is 0 Å². The van der Waals surface area contributed by atoms with Gasteiger partial charge < -0.3 is 0 Å². The number of carbonyl (C=O) groups is 2. The minimum absolute atomic E-state index is 0.0208. The van der Waals surface area contributed by atoms with Crippen LogP contribution in [0.4, 0.5) is 0 Å². The molecule has 0 aliphatic heterocycles. The Morgan fingerprint density at radius 2 is 1.17 bits per heavy atom. The molecule has 2 saturated carbocycles. The normalized spacial score (nSPS) is 33.3. The summed E-state index contributed by atoms with van der Waals surface area (Å²) in [6.45, 7) is 0. The van der Waals surface area contributed by atoms with Gasteiger partial charge in [-0.05, 0) is 62.2 Å². The maximum Gasteiger partial charge on any atom is 0.240 e. The lowest BCUT2D eigenvalue weighted by molar-refractivity contribution is -0.122. The number of rotatable bonds is 11. The summed E-state index contributed by atoms with van der Waals surface area (Å²) in [5, 5.41) is 8.30. The third-order valence-corrected chi connectivity index (χ3v) is 7.13. The molecule has 30 heavy (non-hydrogen) atoms. The lowest BCUT2D eigenvalue weighted by Gasteiger charge is -2.12. The van der Waals surface area contributed by atoms with E-state index in [0.717, 1.165) is 37.5 Å². The maximum absolute atomic E-state index is 11.9. The van der Waals surface area contributed by atoms with Crippen molar-refractivity contribution in [1.82, 2.24) is 10.9 Å². The van der Waals surface area contributed by atoms with Crippen LogP contribution in [-0.4, -0.2) is 24.2 Å². The fourth-order valence-electron chi connectivity index (χ4n) is 5.44. The van der Waals surface area contributed by atoms with E-state index in [4.69, 9.17) is 0 Å². The van der Waals surface area contributed by atoms with Crippen molar-refractivity contribution >= 4 is 24.2 Å². The van der Waals surface area contributed by atoms with Crippen LogP contribution in [0.5, 0.6) is 0 Å². The quantitative estimate of drug-likeness (QED) is 0.234. The van der Waals surface area contributed by atoms with Gasteiger partial charge in [0.1, 0.15) is 0 Å². The minimum atomic E-state index is -0.0208. The Morgan fingerprint density at radius 3 is 1.53 bits per heavy atom. The predicted molar refractivity (Wildman–Crippen MR) is 119 cm³/mol. The molecule has 4 bridgehead atoms. The molecule has 0 heterocycles. The number of hydrazone groups is 2. The summed E-state index contributed by atoms with van der Waals surface area (Å²) < 4.78 is 0. The standard InChI is InChI=1S/C24H34N4O2/c29-23(27-25-15-21-13-17-7-9-19(21)11-17)5-3-1-2-4-6-24(30)28-26-16-22-14-18-8-10-20(22)12-18/h7-10,15-22H,1-6,11-14H2,(H,27,29)(H,28,30)/b25-15-,26-16-/t17-,18-,19-,20-,21-,22+/m0/s1. The highest BCUT2D eigenvalue weighted by molar-refractivity contribution is 5.77. The number of carbonyl (C=O) groups excluding carboxylic acids is 2. The van der Waals surface area contributed by atoms with Crippen molar-refractivity contribution < 1.29 is 9.59 Å². The fraction of sp³-hybridized carbons (Fsp3) is 0.667. The molecule has 162 valence electrons. The zero-order valence-corrected chi connectivity index (χ0v) is 17.7. The van der Waals surface area contributed by atoms with Crippen LogP contribution in [-0.2, 0) is 9.59 Å². The smallest absolute Gasteiger partial charge is 0.240 e. The van der Waals surface area contributed by atoms with E-state index in [9.17, 15) is 9.59 Å². The van der Waals surface area contributed by atoms with Crippen LogP contribution in [0.2, 0.25) is 0 Å². The Bertz CT molecular complexity index is 679. The fourth-order valence-corrected chi connectivity index (χ4v) is 5.44. The van der Waals surface area contributed by atoms with Crippen molar-refractivity contribution in [3.63, 3.8) is 0 Å². The number of allylic oxidation sites excluding steroid dienone is 4.